The van der Waals surface area contributed by atoms with E-state index >= 15 is 0 Å². The molecule has 184 valence electrons. The molecule has 1 aliphatic heterocycles. The summed E-state index contributed by atoms with van der Waals surface area (Å²) in [4.78, 5) is 12.8. The first-order valence-electron chi connectivity index (χ1n) is 12.2. The van der Waals surface area contributed by atoms with Crippen LogP contribution in [0.4, 0.5) is 0 Å². The molecule has 4 aromatic rings. The van der Waals surface area contributed by atoms with Gasteiger partial charge in [0.05, 0.1) is 18.1 Å². The maximum atomic E-state index is 12.8. The minimum atomic E-state index is -0.498. The second-order valence-corrected chi connectivity index (χ2v) is 8.81. The van der Waals surface area contributed by atoms with Crippen molar-refractivity contribution in [3.05, 3.63) is 113 Å². The van der Waals surface area contributed by atoms with Gasteiger partial charge in [-0.2, -0.15) is 5.26 Å². The highest BCUT2D eigenvalue weighted by molar-refractivity contribution is 5.91. The number of ether oxygens (including phenoxy) is 3. The number of nitrogens with zero attached hydrogens (tertiary/aromatic N) is 1. The highest BCUT2D eigenvalue weighted by Crippen LogP contribution is 2.45. The van der Waals surface area contributed by atoms with E-state index in [2.05, 4.69) is 13.0 Å². The van der Waals surface area contributed by atoms with E-state index in [0.717, 1.165) is 34.7 Å². The van der Waals surface area contributed by atoms with Gasteiger partial charge in [0.2, 0.25) is 5.88 Å². The third-order valence-electron chi connectivity index (χ3n) is 6.39. The van der Waals surface area contributed by atoms with Crippen LogP contribution in [0.3, 0.4) is 0 Å². The van der Waals surface area contributed by atoms with E-state index in [1.165, 1.54) is 0 Å². The van der Waals surface area contributed by atoms with Crippen molar-refractivity contribution in [1.82, 2.24) is 0 Å². The van der Waals surface area contributed by atoms with Gasteiger partial charge in [-0.25, -0.2) is 4.79 Å². The van der Waals surface area contributed by atoms with Gasteiger partial charge in [0, 0.05) is 11.6 Å². The molecule has 0 saturated heterocycles. The number of esters is 1. The maximum absolute atomic E-state index is 12.8. The molecule has 2 N–H and O–H groups in total. The van der Waals surface area contributed by atoms with Crippen molar-refractivity contribution in [3.8, 4) is 23.3 Å². The highest BCUT2D eigenvalue weighted by Gasteiger charge is 2.32. The molecule has 0 saturated carbocycles. The van der Waals surface area contributed by atoms with Gasteiger partial charge in [-0.05, 0) is 53.1 Å². The summed E-state index contributed by atoms with van der Waals surface area (Å²) in [6.45, 7) is 2.74. The second-order valence-electron chi connectivity index (χ2n) is 8.81. The fourth-order valence-electron chi connectivity index (χ4n) is 4.51. The largest absolute Gasteiger partial charge is 0.494 e. The molecule has 0 aliphatic carbocycles. The first-order chi connectivity index (χ1) is 18.1. The van der Waals surface area contributed by atoms with Crippen molar-refractivity contribution in [3.63, 3.8) is 0 Å². The Labute approximate surface area is 215 Å². The van der Waals surface area contributed by atoms with Gasteiger partial charge in [0.15, 0.2) is 0 Å². The molecule has 0 radical (unpaired) electrons. The van der Waals surface area contributed by atoms with E-state index in [0.29, 0.717) is 35.0 Å². The van der Waals surface area contributed by atoms with Crippen LogP contribution in [0.1, 0.15) is 47.2 Å². The Balaban J connectivity index is 1.43. The Morgan fingerprint density at radius 3 is 2.51 bits per heavy atom. The zero-order chi connectivity index (χ0) is 25.8. The van der Waals surface area contributed by atoms with Crippen LogP contribution < -0.4 is 19.9 Å². The monoisotopic (exact) mass is 490 g/mol. The van der Waals surface area contributed by atoms with Crippen molar-refractivity contribution >= 4 is 16.7 Å². The zero-order valence-corrected chi connectivity index (χ0v) is 20.4. The SMILES string of the molecule is CCCCOc1ccc(C(=O)Oc2ccc3c(c2)OC(N)=C(C#N)C3c2cccc3ccccc23)cc1. The molecule has 4 aromatic carbocycles. The van der Waals surface area contributed by atoms with Gasteiger partial charge in [-0.3, -0.25) is 0 Å². The molecule has 6 heteroatoms. The first kappa shape index (κ1) is 24.0. The van der Waals surface area contributed by atoms with Gasteiger partial charge in [0.25, 0.3) is 0 Å². The van der Waals surface area contributed by atoms with Crippen molar-refractivity contribution in [1.29, 1.82) is 5.26 Å². The number of unbranched alkanes of at least 4 members (excludes halogenated alkanes) is 1. The Kier molecular flexibility index (Phi) is 6.78. The highest BCUT2D eigenvalue weighted by atomic mass is 16.5. The molecule has 0 fully saturated rings. The zero-order valence-electron chi connectivity index (χ0n) is 20.4. The topological polar surface area (TPSA) is 94.6 Å². The van der Waals surface area contributed by atoms with Crippen LogP contribution in [0.5, 0.6) is 17.2 Å². The molecule has 37 heavy (non-hydrogen) atoms. The van der Waals surface area contributed by atoms with E-state index in [4.69, 9.17) is 19.9 Å². The maximum Gasteiger partial charge on any atom is 0.343 e. The Bertz CT molecular complexity index is 1530. The fraction of sp³-hybridized carbons (Fsp3) is 0.161. The predicted molar refractivity (Wildman–Crippen MR) is 141 cm³/mol. The summed E-state index contributed by atoms with van der Waals surface area (Å²) >= 11 is 0. The van der Waals surface area contributed by atoms with Gasteiger partial charge >= 0.3 is 5.97 Å². The molecule has 0 bridgehead atoms. The number of benzene rings is 4. The van der Waals surface area contributed by atoms with Gasteiger partial charge < -0.3 is 19.9 Å². The van der Waals surface area contributed by atoms with Gasteiger partial charge in [0.1, 0.15) is 28.9 Å². The molecule has 1 atom stereocenters. The molecule has 6 nitrogen and oxygen atoms in total. The summed E-state index contributed by atoms with van der Waals surface area (Å²) in [6, 6.07) is 28.3. The molecular weight excluding hydrogens is 464 g/mol. The number of nitrogens with two attached hydrogens (primary N) is 1. The third-order valence-corrected chi connectivity index (χ3v) is 6.39. The predicted octanol–water partition coefficient (Wildman–Crippen LogP) is 6.46. The number of rotatable bonds is 7. The number of carbonyl (C=O) groups is 1. The van der Waals surface area contributed by atoms with E-state index in [-0.39, 0.29) is 5.88 Å². The Morgan fingerprint density at radius 1 is 0.973 bits per heavy atom. The lowest BCUT2D eigenvalue weighted by Crippen LogP contribution is -2.21. The van der Waals surface area contributed by atoms with Crippen LogP contribution in [0, 0.1) is 11.3 Å². The molecule has 5 rings (SSSR count). The quantitative estimate of drug-likeness (QED) is 0.182. The molecular formula is C31H26N2O4. The van der Waals surface area contributed by atoms with Crippen molar-refractivity contribution in [2.75, 3.05) is 6.61 Å². The van der Waals surface area contributed by atoms with E-state index in [1.807, 2.05) is 48.5 Å². The summed E-state index contributed by atoms with van der Waals surface area (Å²) in [5.41, 5.74) is 8.66. The number of hydrogen-bond acceptors (Lipinski definition) is 6. The van der Waals surface area contributed by atoms with Crippen molar-refractivity contribution in [2.45, 2.75) is 25.7 Å². The lowest BCUT2D eigenvalue weighted by molar-refractivity contribution is 0.0734. The minimum Gasteiger partial charge on any atom is -0.494 e. The first-order valence-corrected chi connectivity index (χ1v) is 12.2. The van der Waals surface area contributed by atoms with E-state index < -0.39 is 11.9 Å². The van der Waals surface area contributed by atoms with Crippen molar-refractivity contribution in [2.24, 2.45) is 5.73 Å². The van der Waals surface area contributed by atoms with Crippen LogP contribution in [0.15, 0.2) is 96.4 Å². The number of allylic oxidation sites excluding steroid dienone is 1. The lowest BCUT2D eigenvalue weighted by Gasteiger charge is -2.27. The van der Waals surface area contributed by atoms with Crippen LogP contribution in [0.2, 0.25) is 0 Å². The lowest BCUT2D eigenvalue weighted by atomic mass is 9.81. The molecule has 1 aliphatic rings. The van der Waals surface area contributed by atoms with E-state index in [1.54, 1.807) is 36.4 Å². The summed E-state index contributed by atoms with van der Waals surface area (Å²) in [5, 5.41) is 12.0. The average Bonchev–Trinajstić information content (AvgIpc) is 2.92. The standard InChI is InChI=1S/C31H26N2O4/c1-2-3-17-35-22-13-11-21(12-14-22)31(34)36-23-15-16-26-28(18-23)37-30(33)27(19-32)29(26)25-10-6-8-20-7-4-5-9-24(20)25/h4-16,18,29H,2-3,17,33H2,1H3. The average molecular weight is 491 g/mol. The molecule has 1 unspecified atom stereocenters. The second kappa shape index (κ2) is 10.5. The summed E-state index contributed by atoms with van der Waals surface area (Å²) < 4.78 is 17.1. The molecule has 1 heterocycles. The number of hydrogen-bond donors (Lipinski definition) is 1. The Morgan fingerprint density at radius 2 is 1.73 bits per heavy atom. The van der Waals surface area contributed by atoms with Gasteiger partial charge in [-0.15, -0.1) is 0 Å². The van der Waals surface area contributed by atoms with Crippen molar-refractivity contribution < 1.29 is 19.0 Å². The molecule has 0 aromatic heterocycles. The van der Waals surface area contributed by atoms with Crippen LogP contribution in [-0.2, 0) is 0 Å². The number of nitriles is 1. The fourth-order valence-corrected chi connectivity index (χ4v) is 4.51. The smallest absolute Gasteiger partial charge is 0.343 e. The van der Waals surface area contributed by atoms with Crippen LogP contribution in [0.25, 0.3) is 10.8 Å². The minimum absolute atomic E-state index is 0.0371. The van der Waals surface area contributed by atoms with Crippen LogP contribution in [-0.4, -0.2) is 12.6 Å². The van der Waals surface area contributed by atoms with E-state index in [9.17, 15) is 10.1 Å². The number of carbonyl (C=O) groups excluding carboxylic acids is 1. The summed E-state index contributed by atoms with van der Waals surface area (Å²) in [5.74, 6) is 0.598. The third kappa shape index (κ3) is 4.85. The normalized spacial score (nSPS) is 14.4. The summed E-state index contributed by atoms with van der Waals surface area (Å²) in [6.07, 6.45) is 2.03. The number of fused-ring (bicyclic) bond motifs is 2. The molecule has 0 spiro atoms. The van der Waals surface area contributed by atoms with Crippen LogP contribution >= 0.6 is 0 Å². The van der Waals surface area contributed by atoms with Gasteiger partial charge in [-0.1, -0.05) is 61.9 Å². The molecule has 0 amide bonds. The summed E-state index contributed by atoms with van der Waals surface area (Å²) in [7, 11) is 0. The Hall–Kier alpha value is -4.76.